The normalized spacial score (nSPS) is 17.6. The third kappa shape index (κ3) is 3.38. The van der Waals surface area contributed by atoms with Gasteiger partial charge in [0.2, 0.25) is 5.84 Å². The van der Waals surface area contributed by atoms with Gasteiger partial charge in [-0.2, -0.15) is 0 Å². The average Bonchev–Trinajstić information content (AvgIpc) is 3.10. The molecule has 6 nitrogen and oxygen atoms in total. The highest BCUT2D eigenvalue weighted by Gasteiger charge is 2.32. The maximum Gasteiger partial charge on any atom is 0.377 e. The lowest BCUT2D eigenvalue weighted by molar-refractivity contribution is -0.136. The number of hydrazine groups is 1. The van der Waals surface area contributed by atoms with Crippen LogP contribution in [-0.4, -0.2) is 30.5 Å². The minimum Gasteiger partial charge on any atom is -0.460 e. The molecule has 8 heteroatoms. The van der Waals surface area contributed by atoms with Crippen LogP contribution in [0.2, 0.25) is 5.02 Å². The summed E-state index contributed by atoms with van der Waals surface area (Å²) in [6.07, 6.45) is -0.227. The first-order chi connectivity index (χ1) is 11.6. The molecule has 126 valence electrons. The minimum atomic E-state index is -0.476. The van der Waals surface area contributed by atoms with Crippen molar-refractivity contribution in [2.24, 2.45) is 5.10 Å². The molecule has 0 saturated heterocycles. The number of anilines is 1. The van der Waals surface area contributed by atoms with Crippen molar-refractivity contribution in [1.82, 2.24) is 10.4 Å². The van der Waals surface area contributed by atoms with Gasteiger partial charge in [-0.25, -0.2) is 15.2 Å². The van der Waals surface area contributed by atoms with Crippen LogP contribution >= 0.6 is 22.9 Å². The van der Waals surface area contributed by atoms with Crippen molar-refractivity contribution in [2.45, 2.75) is 13.1 Å². The highest BCUT2D eigenvalue weighted by molar-refractivity contribution is 7.10. The van der Waals surface area contributed by atoms with Crippen molar-refractivity contribution in [1.29, 1.82) is 0 Å². The van der Waals surface area contributed by atoms with Gasteiger partial charge in [-0.15, -0.1) is 16.4 Å². The molecule has 0 unspecified atom stereocenters. The van der Waals surface area contributed by atoms with Gasteiger partial charge in [0.25, 0.3) is 0 Å². The molecule has 0 saturated carbocycles. The van der Waals surface area contributed by atoms with E-state index in [4.69, 9.17) is 16.3 Å². The molecule has 0 spiro atoms. The first-order valence-electron chi connectivity index (χ1n) is 7.44. The van der Waals surface area contributed by atoms with E-state index in [1.165, 1.54) is 0 Å². The van der Waals surface area contributed by atoms with Gasteiger partial charge in [-0.05, 0) is 42.6 Å². The molecule has 3 rings (SSSR count). The van der Waals surface area contributed by atoms with Gasteiger partial charge in [0.1, 0.15) is 0 Å². The van der Waals surface area contributed by atoms with Crippen LogP contribution in [0.1, 0.15) is 18.0 Å². The fourth-order valence-electron chi connectivity index (χ4n) is 2.33. The van der Waals surface area contributed by atoms with E-state index in [1.54, 1.807) is 47.5 Å². The monoisotopic (exact) mass is 364 g/mol. The number of carbonyl (C=O) groups is 1. The van der Waals surface area contributed by atoms with E-state index in [0.717, 1.165) is 10.6 Å². The van der Waals surface area contributed by atoms with E-state index in [-0.39, 0.29) is 12.0 Å². The van der Waals surface area contributed by atoms with E-state index >= 15 is 0 Å². The predicted molar refractivity (Wildman–Crippen MR) is 96.0 cm³/mol. The SMILES string of the molecule is CCOC(=O)C1=NN(c2ccc(Cl)cc2)[C@@H](c2cccs2)NN1C. The summed E-state index contributed by atoms with van der Waals surface area (Å²) in [5, 5.41) is 10.5. The molecule has 1 aliphatic rings. The first-order valence-corrected chi connectivity index (χ1v) is 8.69. The number of thiophene rings is 1. The predicted octanol–water partition coefficient (Wildman–Crippen LogP) is 3.23. The van der Waals surface area contributed by atoms with Gasteiger partial charge in [0, 0.05) is 16.9 Å². The van der Waals surface area contributed by atoms with Crippen LogP contribution in [0.5, 0.6) is 0 Å². The molecule has 0 amide bonds. The fraction of sp³-hybridized carbons (Fsp3) is 0.250. The Bertz CT molecular complexity index is 733. The molecule has 1 aromatic heterocycles. The molecule has 0 fully saturated rings. The van der Waals surface area contributed by atoms with Gasteiger partial charge in [-0.1, -0.05) is 17.7 Å². The number of carbonyl (C=O) groups excluding carboxylic acids is 1. The van der Waals surface area contributed by atoms with Crippen LogP contribution in [0.4, 0.5) is 5.69 Å². The topological polar surface area (TPSA) is 57.2 Å². The number of halogens is 1. The average molecular weight is 365 g/mol. The Morgan fingerprint density at radius 2 is 2.12 bits per heavy atom. The number of hydrogen-bond acceptors (Lipinski definition) is 7. The maximum absolute atomic E-state index is 12.2. The second-order valence-corrected chi connectivity index (χ2v) is 6.49. The molecule has 2 aromatic rings. The summed E-state index contributed by atoms with van der Waals surface area (Å²) in [7, 11) is 1.75. The van der Waals surface area contributed by atoms with E-state index < -0.39 is 5.97 Å². The second kappa shape index (κ2) is 7.21. The van der Waals surface area contributed by atoms with E-state index in [2.05, 4.69) is 10.5 Å². The standard InChI is InChI=1S/C16H17ClN4O2S/c1-3-23-16(22)15-19-21(12-8-6-11(17)7-9-12)14(18-20(15)2)13-5-4-10-24-13/h4-10,14,18H,3H2,1-2H3/t14-/m0/s1. The van der Waals surface area contributed by atoms with Gasteiger partial charge < -0.3 is 4.74 Å². The summed E-state index contributed by atoms with van der Waals surface area (Å²) < 4.78 is 5.08. The third-order valence-electron chi connectivity index (χ3n) is 3.44. The van der Waals surface area contributed by atoms with Gasteiger partial charge in [0.05, 0.1) is 12.3 Å². The summed E-state index contributed by atoms with van der Waals surface area (Å²) in [6, 6.07) is 11.3. The zero-order valence-electron chi connectivity index (χ0n) is 13.3. The molecule has 1 N–H and O–H groups in total. The molecule has 2 heterocycles. The molecule has 1 atom stereocenters. The molecule has 0 radical (unpaired) electrons. The number of amidine groups is 1. The lowest BCUT2D eigenvalue weighted by Gasteiger charge is -2.38. The lowest BCUT2D eigenvalue weighted by Crippen LogP contribution is -2.54. The highest BCUT2D eigenvalue weighted by atomic mass is 35.5. The second-order valence-electron chi connectivity index (χ2n) is 5.07. The van der Waals surface area contributed by atoms with Gasteiger partial charge in [-0.3, -0.25) is 5.01 Å². The van der Waals surface area contributed by atoms with Crippen LogP contribution in [0, 0.1) is 0 Å². The Hall–Kier alpha value is -2.09. The quantitative estimate of drug-likeness (QED) is 0.844. The largest absolute Gasteiger partial charge is 0.460 e. The number of nitrogens with zero attached hydrogens (tertiary/aromatic N) is 3. The van der Waals surface area contributed by atoms with Crippen molar-refractivity contribution >= 4 is 40.4 Å². The Balaban J connectivity index is 2.02. The van der Waals surface area contributed by atoms with E-state index in [9.17, 15) is 4.79 Å². The number of rotatable bonds is 4. The number of hydrogen-bond donors (Lipinski definition) is 1. The summed E-state index contributed by atoms with van der Waals surface area (Å²) in [5.74, 6) is -0.282. The number of likely N-dealkylation sites (N-methyl/N-ethyl adjacent to an activating group) is 1. The first kappa shape index (κ1) is 16.8. The lowest BCUT2D eigenvalue weighted by atomic mass is 10.2. The van der Waals surface area contributed by atoms with Crippen LogP contribution < -0.4 is 10.4 Å². The number of nitrogens with one attached hydrogen (secondary N) is 1. The van der Waals surface area contributed by atoms with Crippen LogP contribution in [-0.2, 0) is 9.53 Å². The Labute approximate surface area is 149 Å². The van der Waals surface area contributed by atoms with E-state index in [1.807, 2.05) is 29.6 Å². The zero-order valence-corrected chi connectivity index (χ0v) is 14.8. The van der Waals surface area contributed by atoms with Gasteiger partial charge in [0.15, 0.2) is 6.17 Å². The smallest absolute Gasteiger partial charge is 0.377 e. The summed E-state index contributed by atoms with van der Waals surface area (Å²) in [4.78, 5) is 13.2. The summed E-state index contributed by atoms with van der Waals surface area (Å²) in [6.45, 7) is 2.06. The van der Waals surface area contributed by atoms with Crippen molar-refractivity contribution < 1.29 is 9.53 Å². The fourth-order valence-corrected chi connectivity index (χ4v) is 3.21. The Morgan fingerprint density at radius 1 is 1.38 bits per heavy atom. The number of benzene rings is 1. The molecular weight excluding hydrogens is 348 g/mol. The number of esters is 1. The summed E-state index contributed by atoms with van der Waals surface area (Å²) >= 11 is 7.59. The van der Waals surface area contributed by atoms with Crippen molar-refractivity contribution in [2.75, 3.05) is 18.7 Å². The molecule has 0 bridgehead atoms. The maximum atomic E-state index is 12.2. The zero-order chi connectivity index (χ0) is 17.1. The molecule has 1 aliphatic heterocycles. The highest BCUT2D eigenvalue weighted by Crippen LogP contribution is 2.31. The molecule has 1 aromatic carbocycles. The number of hydrazone groups is 1. The summed E-state index contributed by atoms with van der Waals surface area (Å²) in [5.41, 5.74) is 4.10. The van der Waals surface area contributed by atoms with Crippen LogP contribution in [0.25, 0.3) is 0 Å². The van der Waals surface area contributed by atoms with Gasteiger partial charge >= 0.3 is 5.97 Å². The Morgan fingerprint density at radius 3 is 2.75 bits per heavy atom. The number of ether oxygens (including phenoxy) is 1. The molecule has 24 heavy (non-hydrogen) atoms. The Kier molecular flexibility index (Phi) is 5.03. The molecule has 0 aliphatic carbocycles. The van der Waals surface area contributed by atoms with Crippen LogP contribution in [0.15, 0.2) is 46.9 Å². The third-order valence-corrected chi connectivity index (χ3v) is 4.62. The van der Waals surface area contributed by atoms with Crippen molar-refractivity contribution in [3.8, 4) is 0 Å². The van der Waals surface area contributed by atoms with E-state index in [0.29, 0.717) is 11.6 Å². The van der Waals surface area contributed by atoms with Crippen molar-refractivity contribution in [3.05, 3.63) is 51.7 Å². The molecular formula is C16H17ClN4O2S. The van der Waals surface area contributed by atoms with Crippen LogP contribution in [0.3, 0.4) is 0 Å². The van der Waals surface area contributed by atoms with Crippen molar-refractivity contribution in [3.63, 3.8) is 0 Å². The minimum absolute atomic E-state index is 0.194.